The highest BCUT2D eigenvalue weighted by molar-refractivity contribution is 7.26. The van der Waals surface area contributed by atoms with Gasteiger partial charge in [0.15, 0.2) is 17.5 Å². The SMILES string of the molecule is [B]c1c([B])c([B])c(-c2nc(-c3ccccc3)nc(-c3cccc4c3sc3ccc(-n5c6ccccc6c6ccccc65)cc34)n2)c([B])c1[B]. The molecule has 0 fully saturated rings. The molecule has 49 heavy (non-hydrogen) atoms. The first kappa shape index (κ1) is 29.8. The lowest BCUT2D eigenvalue weighted by Crippen LogP contribution is -2.55. The number of thiophene rings is 1. The zero-order chi connectivity index (χ0) is 33.4. The van der Waals surface area contributed by atoms with Crippen molar-refractivity contribution in [2.75, 3.05) is 0 Å². The largest absolute Gasteiger partial charge is 0.309 e. The summed E-state index contributed by atoms with van der Waals surface area (Å²) in [4.78, 5) is 14.7. The van der Waals surface area contributed by atoms with Gasteiger partial charge in [0.1, 0.15) is 39.2 Å². The van der Waals surface area contributed by atoms with E-state index in [9.17, 15) is 0 Å². The molecule has 0 saturated carbocycles. The second-order valence-electron chi connectivity index (χ2n) is 12.0. The maximum Gasteiger partial charge on any atom is 0.165 e. The van der Waals surface area contributed by atoms with Gasteiger partial charge in [-0.15, -0.1) is 27.7 Å². The minimum atomic E-state index is 0.131. The van der Waals surface area contributed by atoms with Gasteiger partial charge in [0.2, 0.25) is 0 Å². The Balaban J connectivity index is 1.28. The summed E-state index contributed by atoms with van der Waals surface area (Å²) in [7, 11) is 31.6. The quantitative estimate of drug-likeness (QED) is 0.273. The van der Waals surface area contributed by atoms with E-state index in [-0.39, 0.29) is 33.1 Å². The first-order valence-corrected chi connectivity index (χ1v) is 16.5. The first-order chi connectivity index (χ1) is 23.9. The number of aromatic nitrogens is 4. The fourth-order valence-corrected chi connectivity index (χ4v) is 7.91. The van der Waals surface area contributed by atoms with E-state index in [4.69, 9.17) is 54.2 Å². The van der Waals surface area contributed by atoms with Crippen molar-refractivity contribution in [1.82, 2.24) is 19.5 Å². The zero-order valence-corrected chi connectivity index (χ0v) is 26.9. The molecule has 3 heterocycles. The molecule has 0 spiro atoms. The van der Waals surface area contributed by atoms with Crippen molar-refractivity contribution in [3.8, 4) is 39.9 Å². The van der Waals surface area contributed by atoms with Crippen LogP contribution >= 0.6 is 11.3 Å². The Morgan fingerprint density at radius 3 is 1.73 bits per heavy atom. The minimum Gasteiger partial charge on any atom is -0.309 e. The monoisotopic (exact) mass is 630 g/mol. The standard InChI is InChI=1S/C39H19B5N4S/c40-31-30(32(41)34(43)35(44)33(31)42)39-46-37(20-9-2-1-3-10-20)45-38(47-39)25-14-8-13-24-26-19-21(17-18-29(26)49-36(24)25)48-27-15-6-4-11-22(27)23-12-5-7-16-28(23)48/h1-19H. The van der Waals surface area contributed by atoms with Gasteiger partial charge in [0.05, 0.1) is 11.0 Å². The highest BCUT2D eigenvalue weighted by Crippen LogP contribution is 2.41. The molecule has 4 nitrogen and oxygen atoms in total. The van der Waals surface area contributed by atoms with Crippen molar-refractivity contribution in [2.45, 2.75) is 0 Å². The van der Waals surface area contributed by atoms with Gasteiger partial charge in [-0.05, 0) is 36.4 Å². The summed E-state index contributed by atoms with van der Waals surface area (Å²) in [5.74, 6) is 1.18. The summed E-state index contributed by atoms with van der Waals surface area (Å²) in [5, 5.41) is 4.69. The van der Waals surface area contributed by atoms with E-state index in [1.54, 1.807) is 11.3 Å². The van der Waals surface area contributed by atoms with Gasteiger partial charge >= 0.3 is 0 Å². The normalized spacial score (nSPS) is 11.7. The molecule has 0 bridgehead atoms. The van der Waals surface area contributed by atoms with E-state index >= 15 is 0 Å². The summed E-state index contributed by atoms with van der Waals surface area (Å²) in [5.41, 5.74) is 6.13. The fraction of sp³-hybridized carbons (Fsp3) is 0. The molecule has 0 saturated heterocycles. The van der Waals surface area contributed by atoms with Crippen molar-refractivity contribution < 1.29 is 0 Å². The molecule has 0 aliphatic rings. The lowest BCUT2D eigenvalue weighted by atomic mass is 9.60. The molecule has 10 radical (unpaired) electrons. The van der Waals surface area contributed by atoms with Gasteiger partial charge in [-0.1, -0.05) is 89.8 Å². The molecule has 216 valence electrons. The second-order valence-corrected chi connectivity index (χ2v) is 13.0. The Morgan fingerprint density at radius 2 is 1.04 bits per heavy atom. The van der Waals surface area contributed by atoms with Crippen LogP contribution in [-0.2, 0) is 0 Å². The lowest BCUT2D eigenvalue weighted by Gasteiger charge is -2.20. The molecule has 0 N–H and O–H groups in total. The Bertz CT molecular complexity index is 2710. The van der Waals surface area contributed by atoms with Gasteiger partial charge in [-0.2, -0.15) is 0 Å². The summed E-state index contributed by atoms with van der Waals surface area (Å²) in [6.45, 7) is 0. The lowest BCUT2D eigenvalue weighted by molar-refractivity contribution is 1.08. The Kier molecular flexibility index (Phi) is 6.92. The highest BCUT2D eigenvalue weighted by Gasteiger charge is 2.20. The maximum absolute atomic E-state index is 6.49. The third kappa shape index (κ3) is 4.62. The molecular formula is C39H19B5N4S. The average Bonchev–Trinajstić information content (AvgIpc) is 3.69. The summed E-state index contributed by atoms with van der Waals surface area (Å²) < 4.78 is 4.53. The van der Waals surface area contributed by atoms with E-state index in [1.165, 1.54) is 10.8 Å². The predicted molar refractivity (Wildman–Crippen MR) is 210 cm³/mol. The van der Waals surface area contributed by atoms with Crippen molar-refractivity contribution in [1.29, 1.82) is 0 Å². The van der Waals surface area contributed by atoms with E-state index in [2.05, 4.69) is 77.4 Å². The van der Waals surface area contributed by atoms with E-state index in [0.29, 0.717) is 17.2 Å². The third-order valence-corrected chi connectivity index (χ3v) is 10.4. The Morgan fingerprint density at radius 1 is 0.469 bits per heavy atom. The van der Waals surface area contributed by atoms with Gasteiger partial charge in [-0.3, -0.25) is 0 Å². The number of hydrogen-bond acceptors (Lipinski definition) is 4. The zero-order valence-electron chi connectivity index (χ0n) is 26.1. The van der Waals surface area contributed by atoms with Gasteiger partial charge in [-0.25, -0.2) is 15.0 Å². The van der Waals surface area contributed by atoms with Crippen LogP contribution in [-0.4, -0.2) is 58.8 Å². The smallest absolute Gasteiger partial charge is 0.165 e. The molecule has 0 aliphatic heterocycles. The average molecular weight is 630 g/mol. The van der Waals surface area contributed by atoms with Crippen molar-refractivity contribution in [2.24, 2.45) is 0 Å². The molecule has 0 atom stereocenters. The summed E-state index contributed by atoms with van der Waals surface area (Å²) in [6, 6.07) is 39.6. The van der Waals surface area contributed by atoms with E-state index in [1.807, 2.05) is 42.5 Å². The first-order valence-electron chi connectivity index (χ1n) is 15.7. The van der Waals surface area contributed by atoms with Crippen LogP contribution in [0, 0.1) is 0 Å². The number of fused-ring (bicyclic) bond motifs is 6. The van der Waals surface area contributed by atoms with Crippen molar-refractivity contribution in [3.05, 3.63) is 115 Å². The predicted octanol–water partition coefficient (Wildman–Crippen LogP) is 4.31. The van der Waals surface area contributed by atoms with Crippen LogP contribution in [0.1, 0.15) is 0 Å². The van der Waals surface area contributed by atoms with E-state index < -0.39 is 0 Å². The molecule has 3 aromatic heterocycles. The number of nitrogens with zero attached hydrogens (tertiary/aromatic N) is 4. The Labute approximate surface area is 293 Å². The molecular weight excluding hydrogens is 611 g/mol. The van der Waals surface area contributed by atoms with Crippen molar-refractivity contribution in [3.63, 3.8) is 0 Å². The molecule has 10 heteroatoms. The molecule has 9 rings (SSSR count). The maximum atomic E-state index is 6.49. The third-order valence-electron chi connectivity index (χ3n) is 9.15. The van der Waals surface area contributed by atoms with Crippen LogP contribution in [0.15, 0.2) is 115 Å². The minimum absolute atomic E-state index is 0.131. The fourth-order valence-electron chi connectivity index (χ4n) is 6.72. The van der Waals surface area contributed by atoms with Crippen LogP contribution < -0.4 is 27.3 Å². The van der Waals surface area contributed by atoms with Gasteiger partial charge in [0.25, 0.3) is 0 Å². The van der Waals surface area contributed by atoms with Gasteiger partial charge in [0, 0.05) is 53.3 Å². The number of hydrogen-bond donors (Lipinski definition) is 0. The topological polar surface area (TPSA) is 43.6 Å². The second kappa shape index (κ2) is 11.4. The number of rotatable bonds is 4. The van der Waals surface area contributed by atoms with Crippen molar-refractivity contribution >= 4 is 120 Å². The van der Waals surface area contributed by atoms with Crippen LogP contribution in [0.2, 0.25) is 0 Å². The van der Waals surface area contributed by atoms with Crippen LogP contribution in [0.4, 0.5) is 0 Å². The molecule has 0 amide bonds. The molecule has 0 aliphatic carbocycles. The highest BCUT2D eigenvalue weighted by atomic mass is 32.1. The number of benzene rings is 6. The Hall–Kier alpha value is -5.33. The number of para-hydroxylation sites is 2. The van der Waals surface area contributed by atoms with Crippen LogP contribution in [0.25, 0.3) is 81.8 Å². The molecule has 6 aromatic carbocycles. The molecule has 9 aromatic rings. The van der Waals surface area contributed by atoms with Crippen LogP contribution in [0.5, 0.6) is 0 Å². The molecule has 0 unspecified atom stereocenters. The van der Waals surface area contributed by atoms with E-state index in [0.717, 1.165) is 48.0 Å². The summed E-state index contributed by atoms with van der Waals surface area (Å²) >= 11 is 1.70. The van der Waals surface area contributed by atoms with Crippen LogP contribution in [0.3, 0.4) is 0 Å². The summed E-state index contributed by atoms with van der Waals surface area (Å²) in [6.07, 6.45) is 0. The van der Waals surface area contributed by atoms with Gasteiger partial charge < -0.3 is 4.57 Å².